The molecule has 0 aliphatic carbocycles. The van der Waals surface area contributed by atoms with E-state index in [1.807, 2.05) is 19.1 Å². The fourth-order valence-electron chi connectivity index (χ4n) is 2.00. The number of aromatic nitrogens is 1. The number of hydrogen-bond acceptors (Lipinski definition) is 1. The molecule has 18 heavy (non-hydrogen) atoms. The molecular formula is C15H16ClNO. The Labute approximate surface area is 114 Å². The molecule has 0 saturated carbocycles. The van der Waals surface area contributed by atoms with E-state index in [4.69, 9.17) is 11.2 Å². The van der Waals surface area contributed by atoms with Gasteiger partial charge in [-0.3, -0.25) is 0 Å². The summed E-state index contributed by atoms with van der Waals surface area (Å²) in [6.07, 6.45) is 5.42. The first-order valence-corrected chi connectivity index (χ1v) is 5.76. The lowest BCUT2D eigenvalue weighted by Crippen LogP contribution is -3.00. The average molecular weight is 262 g/mol. The maximum Gasteiger partial charge on any atom is 0.217 e. The van der Waals surface area contributed by atoms with Gasteiger partial charge in [0, 0.05) is 19.1 Å². The van der Waals surface area contributed by atoms with Crippen molar-refractivity contribution in [2.75, 3.05) is 6.61 Å². The van der Waals surface area contributed by atoms with Crippen molar-refractivity contribution >= 4 is 10.9 Å². The van der Waals surface area contributed by atoms with Crippen LogP contribution in [-0.4, -0.2) is 6.61 Å². The summed E-state index contributed by atoms with van der Waals surface area (Å²) < 4.78 is 7.75. The van der Waals surface area contributed by atoms with Gasteiger partial charge in [-0.25, -0.2) is 0 Å². The van der Waals surface area contributed by atoms with Gasteiger partial charge in [0.1, 0.15) is 5.75 Å². The number of hydrogen-bond donors (Lipinski definition) is 0. The van der Waals surface area contributed by atoms with Crippen molar-refractivity contribution in [3.05, 3.63) is 36.0 Å². The van der Waals surface area contributed by atoms with Crippen molar-refractivity contribution in [2.24, 2.45) is 0 Å². The van der Waals surface area contributed by atoms with Gasteiger partial charge in [-0.05, 0) is 25.0 Å². The molecule has 0 saturated heterocycles. The number of terminal acetylenes is 1. The Morgan fingerprint density at radius 3 is 2.72 bits per heavy atom. The molecule has 2 nitrogen and oxygen atoms in total. The van der Waals surface area contributed by atoms with Crippen LogP contribution in [0, 0.1) is 19.3 Å². The van der Waals surface area contributed by atoms with E-state index in [2.05, 4.69) is 35.6 Å². The van der Waals surface area contributed by atoms with Gasteiger partial charge >= 0.3 is 0 Å². The Balaban J connectivity index is 0.00000162. The molecule has 1 aromatic heterocycles. The molecule has 0 atom stereocenters. The summed E-state index contributed by atoms with van der Waals surface area (Å²) in [7, 11) is 0. The van der Waals surface area contributed by atoms with Crippen LogP contribution in [0.25, 0.3) is 10.9 Å². The first-order valence-electron chi connectivity index (χ1n) is 5.76. The normalized spacial score (nSPS) is 9.61. The number of rotatable bonds is 3. The Bertz CT molecular complexity index is 587. The summed E-state index contributed by atoms with van der Waals surface area (Å²) in [5.41, 5.74) is 2.28. The Kier molecular flexibility index (Phi) is 5.00. The standard InChI is InChI=1S/C15H16NO.ClH/c1-4-11-16-12(3)9-10-13-14(16)7-6-8-15(13)17-5-2;/h1,6-10H,5,11H2,2-3H3;1H/q+1;/p-1. The van der Waals surface area contributed by atoms with Gasteiger partial charge in [-0.2, -0.15) is 4.57 Å². The van der Waals surface area contributed by atoms with Crippen LogP contribution in [-0.2, 0) is 6.54 Å². The molecule has 0 amide bonds. The molecule has 1 aromatic carbocycles. The lowest BCUT2D eigenvalue weighted by molar-refractivity contribution is -0.664. The van der Waals surface area contributed by atoms with Crippen molar-refractivity contribution in [3.63, 3.8) is 0 Å². The summed E-state index contributed by atoms with van der Waals surface area (Å²) in [4.78, 5) is 0. The van der Waals surface area contributed by atoms with Gasteiger partial charge in [0.2, 0.25) is 12.1 Å². The lowest BCUT2D eigenvalue weighted by atomic mass is 10.1. The third-order valence-corrected chi connectivity index (χ3v) is 2.80. The topological polar surface area (TPSA) is 13.1 Å². The van der Waals surface area contributed by atoms with Crippen LogP contribution in [0.1, 0.15) is 12.6 Å². The Hall–Kier alpha value is -1.72. The molecule has 94 valence electrons. The zero-order chi connectivity index (χ0) is 12.3. The number of halogens is 1. The number of benzene rings is 1. The van der Waals surface area contributed by atoms with Gasteiger partial charge in [-0.1, -0.05) is 6.07 Å². The first kappa shape index (κ1) is 14.3. The third-order valence-electron chi connectivity index (χ3n) is 2.80. The van der Waals surface area contributed by atoms with Crippen molar-refractivity contribution in [2.45, 2.75) is 20.4 Å². The van der Waals surface area contributed by atoms with Gasteiger partial charge in [0.25, 0.3) is 0 Å². The highest BCUT2D eigenvalue weighted by Crippen LogP contribution is 2.23. The molecule has 0 fully saturated rings. The van der Waals surface area contributed by atoms with Gasteiger partial charge in [0.05, 0.1) is 12.0 Å². The highest BCUT2D eigenvalue weighted by atomic mass is 35.5. The van der Waals surface area contributed by atoms with Crippen molar-refractivity contribution in [1.29, 1.82) is 0 Å². The Morgan fingerprint density at radius 2 is 2.06 bits per heavy atom. The summed E-state index contributed by atoms with van der Waals surface area (Å²) in [5, 5.41) is 1.11. The summed E-state index contributed by atoms with van der Waals surface area (Å²) >= 11 is 0. The molecule has 2 rings (SSSR count). The zero-order valence-electron chi connectivity index (χ0n) is 10.6. The van der Waals surface area contributed by atoms with Crippen LogP contribution in [0.2, 0.25) is 0 Å². The predicted octanol–water partition coefficient (Wildman–Crippen LogP) is -0.528. The van der Waals surface area contributed by atoms with Crippen LogP contribution < -0.4 is 21.7 Å². The smallest absolute Gasteiger partial charge is 0.217 e. The van der Waals surface area contributed by atoms with Crippen LogP contribution >= 0.6 is 0 Å². The molecule has 0 bridgehead atoms. The predicted molar refractivity (Wildman–Crippen MR) is 68.9 cm³/mol. The van der Waals surface area contributed by atoms with E-state index >= 15 is 0 Å². The maximum absolute atomic E-state index is 5.63. The molecule has 1 heterocycles. The van der Waals surface area contributed by atoms with Crippen molar-refractivity contribution < 1.29 is 21.7 Å². The van der Waals surface area contributed by atoms with E-state index in [0.717, 1.165) is 22.3 Å². The molecule has 0 N–H and O–H groups in total. The van der Waals surface area contributed by atoms with E-state index in [-0.39, 0.29) is 12.4 Å². The van der Waals surface area contributed by atoms with E-state index in [1.165, 1.54) is 0 Å². The van der Waals surface area contributed by atoms with Crippen LogP contribution in [0.5, 0.6) is 5.75 Å². The summed E-state index contributed by atoms with van der Waals surface area (Å²) in [6, 6.07) is 10.2. The number of fused-ring (bicyclic) bond motifs is 1. The van der Waals surface area contributed by atoms with Crippen LogP contribution in [0.15, 0.2) is 30.3 Å². The van der Waals surface area contributed by atoms with E-state index < -0.39 is 0 Å². The van der Waals surface area contributed by atoms with Gasteiger partial charge < -0.3 is 17.1 Å². The van der Waals surface area contributed by atoms with Gasteiger partial charge in [0.15, 0.2) is 5.69 Å². The number of ether oxygens (including phenoxy) is 1. The Morgan fingerprint density at radius 1 is 1.28 bits per heavy atom. The van der Waals surface area contributed by atoms with Gasteiger partial charge in [-0.15, -0.1) is 6.42 Å². The largest absolute Gasteiger partial charge is 1.00 e. The fourth-order valence-corrected chi connectivity index (χ4v) is 2.00. The minimum Gasteiger partial charge on any atom is -1.00 e. The highest BCUT2D eigenvalue weighted by molar-refractivity contribution is 5.82. The highest BCUT2D eigenvalue weighted by Gasteiger charge is 2.13. The lowest BCUT2D eigenvalue weighted by Gasteiger charge is -2.07. The van der Waals surface area contributed by atoms with Crippen molar-refractivity contribution in [3.8, 4) is 18.1 Å². The second-order valence-electron chi connectivity index (χ2n) is 3.89. The monoisotopic (exact) mass is 261 g/mol. The number of aryl methyl sites for hydroxylation is 1. The second kappa shape index (κ2) is 6.28. The minimum atomic E-state index is 0. The molecule has 0 spiro atoms. The van der Waals surface area contributed by atoms with E-state index in [1.54, 1.807) is 0 Å². The summed E-state index contributed by atoms with van der Waals surface area (Å²) in [5.74, 6) is 3.60. The molecule has 0 radical (unpaired) electrons. The third kappa shape index (κ3) is 2.57. The number of nitrogens with zero attached hydrogens (tertiary/aromatic N) is 1. The quantitative estimate of drug-likeness (QED) is 0.535. The average Bonchev–Trinajstić information content (AvgIpc) is 2.34. The first-order chi connectivity index (χ1) is 8.27. The second-order valence-corrected chi connectivity index (χ2v) is 3.89. The molecule has 2 aromatic rings. The van der Waals surface area contributed by atoms with Crippen molar-refractivity contribution in [1.82, 2.24) is 0 Å². The molecule has 3 heteroatoms. The molecule has 0 aliphatic rings. The summed E-state index contributed by atoms with van der Waals surface area (Å²) in [6.45, 7) is 5.30. The maximum atomic E-state index is 5.63. The van der Waals surface area contributed by atoms with E-state index in [0.29, 0.717) is 13.2 Å². The van der Waals surface area contributed by atoms with E-state index in [9.17, 15) is 0 Å². The van der Waals surface area contributed by atoms with Crippen LogP contribution in [0.3, 0.4) is 0 Å². The van der Waals surface area contributed by atoms with Crippen LogP contribution in [0.4, 0.5) is 0 Å². The zero-order valence-corrected chi connectivity index (χ0v) is 11.4. The SMILES string of the molecule is C#CC[n+]1c(C)ccc2c(OCC)cccc21.[Cl-]. The fraction of sp³-hybridized carbons (Fsp3) is 0.267. The number of pyridine rings is 1. The molecule has 0 aliphatic heterocycles. The minimum absolute atomic E-state index is 0. The molecule has 0 unspecified atom stereocenters. The molecular weight excluding hydrogens is 246 g/mol.